The third kappa shape index (κ3) is 1.90. The number of benzene rings is 1. The highest BCUT2D eigenvalue weighted by molar-refractivity contribution is 7.83. The van der Waals surface area contributed by atoms with E-state index in [9.17, 15) is 9.90 Å². The van der Waals surface area contributed by atoms with Crippen LogP contribution in [0, 0.1) is 0 Å². The van der Waals surface area contributed by atoms with E-state index in [1.807, 2.05) is 5.43 Å². The smallest absolute Gasteiger partial charge is 0.268 e. The van der Waals surface area contributed by atoms with Crippen LogP contribution >= 0.6 is 25.3 Å². The van der Waals surface area contributed by atoms with Gasteiger partial charge in [0.15, 0.2) is 0 Å². The van der Waals surface area contributed by atoms with Crippen molar-refractivity contribution in [3.63, 3.8) is 0 Å². The molecule has 70 valence electrons. The third-order valence-electron chi connectivity index (χ3n) is 1.51. The normalized spacial score (nSPS) is 9.77. The van der Waals surface area contributed by atoms with Crippen molar-refractivity contribution >= 4 is 31.2 Å². The number of phenols is 1. The summed E-state index contributed by atoms with van der Waals surface area (Å²) in [4.78, 5) is 11.8. The summed E-state index contributed by atoms with van der Waals surface area (Å²) in [7, 11) is 0. The molecule has 0 aliphatic rings. The molecular formula is C7H8N2O2S2. The molecule has 4 nitrogen and oxygen atoms in total. The number of hydrogen-bond acceptors (Lipinski definition) is 5. The van der Waals surface area contributed by atoms with Crippen LogP contribution in [0.4, 0.5) is 0 Å². The molecule has 0 bridgehead atoms. The average Bonchev–Trinajstić information content (AvgIpc) is 2.13. The highest BCUT2D eigenvalue weighted by atomic mass is 32.1. The number of rotatable bonds is 1. The lowest BCUT2D eigenvalue weighted by Crippen LogP contribution is -2.30. The van der Waals surface area contributed by atoms with Gasteiger partial charge in [0.25, 0.3) is 5.91 Å². The molecule has 0 fully saturated rings. The monoisotopic (exact) mass is 216 g/mol. The Labute approximate surface area is 85.9 Å². The van der Waals surface area contributed by atoms with Gasteiger partial charge in [-0.2, -0.15) is 0 Å². The van der Waals surface area contributed by atoms with E-state index in [0.717, 1.165) is 0 Å². The lowest BCUT2D eigenvalue weighted by molar-refractivity contribution is 0.0950. The molecular weight excluding hydrogens is 208 g/mol. The van der Waals surface area contributed by atoms with E-state index in [1.54, 1.807) is 6.07 Å². The van der Waals surface area contributed by atoms with Crippen molar-refractivity contribution in [2.24, 2.45) is 5.84 Å². The maximum Gasteiger partial charge on any atom is 0.268 e. The van der Waals surface area contributed by atoms with Gasteiger partial charge in [-0.05, 0) is 12.1 Å². The van der Waals surface area contributed by atoms with Crippen molar-refractivity contribution < 1.29 is 9.90 Å². The second kappa shape index (κ2) is 3.91. The van der Waals surface area contributed by atoms with Gasteiger partial charge in [0.2, 0.25) is 0 Å². The number of carbonyl (C=O) groups is 1. The molecule has 0 aromatic heterocycles. The number of phenolic OH excluding ortho intramolecular Hbond substituents is 1. The van der Waals surface area contributed by atoms with E-state index >= 15 is 0 Å². The molecule has 4 N–H and O–H groups in total. The summed E-state index contributed by atoms with van der Waals surface area (Å²) in [5.74, 6) is 4.11. The Bertz CT molecular complexity index is 355. The van der Waals surface area contributed by atoms with Gasteiger partial charge >= 0.3 is 0 Å². The first-order valence-corrected chi connectivity index (χ1v) is 4.22. The molecule has 0 saturated carbocycles. The second-order valence-electron chi connectivity index (χ2n) is 2.30. The summed E-state index contributed by atoms with van der Waals surface area (Å²) < 4.78 is 0. The first kappa shape index (κ1) is 10.2. The Kier molecular flexibility index (Phi) is 3.07. The van der Waals surface area contributed by atoms with Gasteiger partial charge in [-0.3, -0.25) is 10.2 Å². The molecule has 0 radical (unpaired) electrons. The zero-order chi connectivity index (χ0) is 10.0. The second-order valence-corrected chi connectivity index (χ2v) is 3.23. The summed E-state index contributed by atoms with van der Waals surface area (Å²) in [6.07, 6.45) is 0. The van der Waals surface area contributed by atoms with Crippen LogP contribution in [0.1, 0.15) is 10.4 Å². The van der Waals surface area contributed by atoms with Crippen LogP contribution < -0.4 is 11.3 Å². The summed E-state index contributed by atoms with van der Waals surface area (Å²) in [5.41, 5.74) is 1.99. The lowest BCUT2D eigenvalue weighted by Gasteiger charge is -2.06. The summed E-state index contributed by atoms with van der Waals surface area (Å²) >= 11 is 7.98. The van der Waals surface area contributed by atoms with E-state index in [1.165, 1.54) is 6.07 Å². The van der Waals surface area contributed by atoms with E-state index in [0.29, 0.717) is 4.90 Å². The minimum Gasteiger partial charge on any atom is -0.506 e. The van der Waals surface area contributed by atoms with Crippen LogP contribution in [-0.2, 0) is 0 Å². The number of thiol groups is 2. The molecule has 1 aromatic rings. The van der Waals surface area contributed by atoms with Gasteiger partial charge in [-0.15, -0.1) is 25.3 Å². The van der Waals surface area contributed by atoms with Gasteiger partial charge < -0.3 is 5.11 Å². The molecule has 0 spiro atoms. The predicted molar refractivity (Wildman–Crippen MR) is 54.3 cm³/mol. The first-order chi connectivity index (χ1) is 6.07. The molecule has 0 unspecified atom stereocenters. The van der Waals surface area contributed by atoms with Gasteiger partial charge in [-0.25, -0.2) is 5.84 Å². The van der Waals surface area contributed by atoms with Crippen LogP contribution in [0.15, 0.2) is 21.9 Å². The minimum atomic E-state index is -0.568. The van der Waals surface area contributed by atoms with Gasteiger partial charge in [-0.1, -0.05) is 0 Å². The molecule has 0 aliphatic heterocycles. The fourth-order valence-electron chi connectivity index (χ4n) is 0.830. The van der Waals surface area contributed by atoms with Crippen molar-refractivity contribution in [3.8, 4) is 5.75 Å². The highest BCUT2D eigenvalue weighted by Gasteiger charge is 2.13. The quantitative estimate of drug-likeness (QED) is 0.206. The number of hydrogen-bond donors (Lipinski definition) is 5. The van der Waals surface area contributed by atoms with Crippen molar-refractivity contribution in [1.29, 1.82) is 0 Å². The van der Waals surface area contributed by atoms with E-state index < -0.39 is 5.91 Å². The van der Waals surface area contributed by atoms with Gasteiger partial charge in [0.05, 0.1) is 10.5 Å². The standard InChI is InChI=1S/C7H8N2O2S2/c8-9-7(11)3-1-2-4(12)6(13)5(3)10/h1-2,10,12-13H,8H2,(H,9,11). The summed E-state index contributed by atoms with van der Waals surface area (Å²) in [6.45, 7) is 0. The molecule has 0 heterocycles. The Balaban J connectivity index is 3.26. The third-order valence-corrected chi connectivity index (χ3v) is 2.51. The van der Waals surface area contributed by atoms with Crippen LogP contribution in [-0.4, -0.2) is 11.0 Å². The predicted octanol–water partition coefficient (Wildman–Crippen LogP) is 0.573. The molecule has 1 amide bonds. The van der Waals surface area contributed by atoms with Gasteiger partial charge in [0, 0.05) is 4.90 Å². The highest BCUT2D eigenvalue weighted by Crippen LogP contribution is 2.31. The van der Waals surface area contributed by atoms with Crippen LogP contribution in [0.5, 0.6) is 5.75 Å². The number of hydrazine groups is 1. The zero-order valence-corrected chi connectivity index (χ0v) is 8.27. The SMILES string of the molecule is NNC(=O)c1ccc(S)c(S)c1O. The molecule has 0 saturated heterocycles. The number of amides is 1. The molecule has 1 rings (SSSR count). The number of nitrogen functional groups attached to an aromatic ring is 1. The van der Waals surface area contributed by atoms with Crippen LogP contribution in [0.25, 0.3) is 0 Å². The summed E-state index contributed by atoms with van der Waals surface area (Å²) in [6, 6.07) is 2.97. The van der Waals surface area contributed by atoms with Crippen LogP contribution in [0.3, 0.4) is 0 Å². The topological polar surface area (TPSA) is 75.3 Å². The van der Waals surface area contributed by atoms with Crippen LogP contribution in [0.2, 0.25) is 0 Å². The fourth-order valence-corrected chi connectivity index (χ4v) is 1.21. The Morgan fingerprint density at radius 2 is 2.08 bits per heavy atom. The summed E-state index contributed by atoms with van der Waals surface area (Å²) in [5, 5.41) is 9.44. The van der Waals surface area contributed by atoms with Crippen molar-refractivity contribution in [2.75, 3.05) is 0 Å². The number of aromatic hydroxyl groups is 1. The van der Waals surface area contributed by atoms with Crippen molar-refractivity contribution in [2.45, 2.75) is 9.79 Å². The molecule has 13 heavy (non-hydrogen) atoms. The molecule has 0 atom stereocenters. The first-order valence-electron chi connectivity index (χ1n) is 3.32. The zero-order valence-electron chi connectivity index (χ0n) is 6.48. The Morgan fingerprint density at radius 1 is 1.46 bits per heavy atom. The Hall–Kier alpha value is -0.850. The largest absolute Gasteiger partial charge is 0.506 e. The van der Waals surface area contributed by atoms with E-state index in [4.69, 9.17) is 5.84 Å². The molecule has 0 aliphatic carbocycles. The molecule has 1 aromatic carbocycles. The minimum absolute atomic E-state index is 0.0744. The maximum absolute atomic E-state index is 11.0. The van der Waals surface area contributed by atoms with Crippen molar-refractivity contribution in [3.05, 3.63) is 17.7 Å². The van der Waals surface area contributed by atoms with E-state index in [2.05, 4.69) is 25.3 Å². The average molecular weight is 216 g/mol. The van der Waals surface area contributed by atoms with Crippen molar-refractivity contribution in [1.82, 2.24) is 5.43 Å². The van der Waals surface area contributed by atoms with E-state index in [-0.39, 0.29) is 16.2 Å². The maximum atomic E-state index is 11.0. The fraction of sp³-hybridized carbons (Fsp3) is 0. The Morgan fingerprint density at radius 3 is 2.62 bits per heavy atom. The lowest BCUT2D eigenvalue weighted by atomic mass is 10.2. The molecule has 6 heteroatoms. The number of nitrogens with one attached hydrogen (secondary N) is 1. The number of carbonyl (C=O) groups excluding carboxylic acids is 1. The van der Waals surface area contributed by atoms with Gasteiger partial charge in [0.1, 0.15) is 5.75 Å². The number of nitrogens with two attached hydrogens (primary N) is 1.